The van der Waals surface area contributed by atoms with Gasteiger partial charge in [0, 0.05) is 18.7 Å². The number of non-ortho nitro benzene ring substituents is 1. The highest BCUT2D eigenvalue weighted by molar-refractivity contribution is 5.93. The molecular formula is C21H18N3O6-. The summed E-state index contributed by atoms with van der Waals surface area (Å²) in [5, 5.41) is 27.8. The van der Waals surface area contributed by atoms with Crippen LogP contribution in [0.5, 0.6) is 17.2 Å². The number of pyridine rings is 1. The van der Waals surface area contributed by atoms with Gasteiger partial charge < -0.3 is 19.9 Å². The predicted molar refractivity (Wildman–Crippen MR) is 105 cm³/mol. The SMILES string of the molecule is CCCC(=O)N[C@@H](c1ccc2c(c1)OCO2)c1cc([N+](=O)[O-])c2cccnc2c1[O-]. The van der Waals surface area contributed by atoms with Crippen LogP contribution in [-0.4, -0.2) is 22.6 Å². The lowest BCUT2D eigenvalue weighted by molar-refractivity contribution is -0.383. The van der Waals surface area contributed by atoms with E-state index in [4.69, 9.17) is 9.47 Å². The van der Waals surface area contributed by atoms with E-state index in [0.717, 1.165) is 0 Å². The van der Waals surface area contributed by atoms with E-state index in [1.165, 1.54) is 24.4 Å². The topological polar surface area (TPSA) is 127 Å². The van der Waals surface area contributed by atoms with E-state index in [1.54, 1.807) is 18.2 Å². The Morgan fingerprint density at radius 1 is 1.27 bits per heavy atom. The van der Waals surface area contributed by atoms with Crippen molar-refractivity contribution in [3.05, 3.63) is 63.8 Å². The molecule has 9 heteroatoms. The molecule has 1 aliphatic rings. The van der Waals surface area contributed by atoms with Gasteiger partial charge in [-0.1, -0.05) is 18.7 Å². The Hall–Kier alpha value is -3.88. The number of nitro groups is 1. The number of ether oxygens (including phenoxy) is 2. The lowest BCUT2D eigenvalue weighted by Crippen LogP contribution is -2.29. The second-order valence-corrected chi connectivity index (χ2v) is 6.83. The van der Waals surface area contributed by atoms with Gasteiger partial charge in [-0.15, -0.1) is 0 Å². The standard InChI is InChI=1S/C21H19N3O6/c1-2-4-18(25)23-19(12-6-7-16-17(9-12)30-11-29-16)14-10-15(24(27)28)13-5-3-8-22-20(13)21(14)26/h3,5-10,19,26H,2,4,11H2,1H3,(H,23,25)/p-1/t19-/m0/s1. The van der Waals surface area contributed by atoms with Crippen molar-refractivity contribution in [2.24, 2.45) is 0 Å². The number of carbonyl (C=O) groups excluding carboxylic acids is 1. The van der Waals surface area contributed by atoms with Gasteiger partial charge in [0.05, 0.1) is 21.9 Å². The van der Waals surface area contributed by atoms with Crippen molar-refractivity contribution in [3.8, 4) is 17.2 Å². The minimum atomic E-state index is -0.906. The summed E-state index contributed by atoms with van der Waals surface area (Å²) in [5.74, 6) is 0.271. The zero-order chi connectivity index (χ0) is 21.3. The first-order valence-corrected chi connectivity index (χ1v) is 9.41. The van der Waals surface area contributed by atoms with Gasteiger partial charge in [-0.05, 0) is 41.8 Å². The number of hydrogen-bond donors (Lipinski definition) is 1. The third kappa shape index (κ3) is 3.45. The summed E-state index contributed by atoms with van der Waals surface area (Å²) in [7, 11) is 0. The van der Waals surface area contributed by atoms with E-state index < -0.39 is 16.7 Å². The molecule has 1 atom stereocenters. The molecule has 2 aromatic carbocycles. The molecule has 0 aliphatic carbocycles. The highest BCUT2D eigenvalue weighted by atomic mass is 16.7. The van der Waals surface area contributed by atoms with Gasteiger partial charge >= 0.3 is 0 Å². The average Bonchev–Trinajstić information content (AvgIpc) is 3.20. The second-order valence-electron chi connectivity index (χ2n) is 6.83. The van der Waals surface area contributed by atoms with Crippen molar-refractivity contribution in [2.75, 3.05) is 6.79 Å². The van der Waals surface area contributed by atoms with E-state index in [1.807, 2.05) is 6.92 Å². The molecule has 1 aliphatic heterocycles. The number of carbonyl (C=O) groups is 1. The fraction of sp³-hybridized carbons (Fsp3) is 0.238. The monoisotopic (exact) mass is 408 g/mol. The van der Waals surface area contributed by atoms with Gasteiger partial charge in [-0.25, -0.2) is 0 Å². The molecular weight excluding hydrogens is 390 g/mol. The minimum absolute atomic E-state index is 0.0165. The van der Waals surface area contributed by atoms with Crippen LogP contribution in [0, 0.1) is 10.1 Å². The minimum Gasteiger partial charge on any atom is -0.871 e. The third-order valence-corrected chi connectivity index (χ3v) is 4.87. The summed E-state index contributed by atoms with van der Waals surface area (Å²) < 4.78 is 10.7. The number of nitrogens with zero attached hydrogens (tertiary/aromatic N) is 2. The van der Waals surface area contributed by atoms with E-state index in [2.05, 4.69) is 10.3 Å². The zero-order valence-corrected chi connectivity index (χ0v) is 16.1. The number of benzene rings is 2. The molecule has 0 saturated carbocycles. The molecule has 0 radical (unpaired) electrons. The third-order valence-electron chi connectivity index (χ3n) is 4.87. The summed E-state index contributed by atoms with van der Waals surface area (Å²) in [6, 6.07) is 8.36. The van der Waals surface area contributed by atoms with E-state index in [-0.39, 0.29) is 41.3 Å². The van der Waals surface area contributed by atoms with Crippen molar-refractivity contribution in [2.45, 2.75) is 25.8 Å². The van der Waals surface area contributed by atoms with Crippen LogP contribution < -0.4 is 19.9 Å². The zero-order valence-electron chi connectivity index (χ0n) is 16.1. The normalized spacial score (nSPS) is 13.2. The Labute approximate surface area is 171 Å². The van der Waals surface area contributed by atoms with Crippen LogP contribution in [0.1, 0.15) is 36.9 Å². The Kier molecular flexibility index (Phi) is 5.09. The number of rotatable bonds is 6. The molecule has 3 aromatic rings. The molecule has 1 N–H and O–H groups in total. The number of fused-ring (bicyclic) bond motifs is 2. The van der Waals surface area contributed by atoms with E-state index in [0.29, 0.717) is 23.5 Å². The van der Waals surface area contributed by atoms with Crippen LogP contribution in [0.4, 0.5) is 5.69 Å². The van der Waals surface area contributed by atoms with Crippen LogP contribution in [0.15, 0.2) is 42.6 Å². The largest absolute Gasteiger partial charge is 0.871 e. The summed E-state index contributed by atoms with van der Waals surface area (Å²) in [6.45, 7) is 1.93. The summed E-state index contributed by atoms with van der Waals surface area (Å²) in [6.07, 6.45) is 2.27. The Balaban J connectivity index is 1.90. The number of nitrogens with one attached hydrogen (secondary N) is 1. The maximum atomic E-state index is 13.2. The van der Waals surface area contributed by atoms with Gasteiger partial charge in [0.1, 0.15) is 0 Å². The van der Waals surface area contributed by atoms with Gasteiger partial charge in [0.15, 0.2) is 11.5 Å². The number of amides is 1. The van der Waals surface area contributed by atoms with Crippen molar-refractivity contribution < 1.29 is 24.3 Å². The fourth-order valence-corrected chi connectivity index (χ4v) is 3.48. The van der Waals surface area contributed by atoms with Crippen LogP contribution >= 0.6 is 0 Å². The quantitative estimate of drug-likeness (QED) is 0.491. The maximum Gasteiger partial charge on any atom is 0.279 e. The summed E-state index contributed by atoms with van der Waals surface area (Å²) in [4.78, 5) is 27.6. The lowest BCUT2D eigenvalue weighted by Gasteiger charge is -2.25. The van der Waals surface area contributed by atoms with Crippen LogP contribution in [0.25, 0.3) is 10.9 Å². The maximum absolute atomic E-state index is 13.2. The van der Waals surface area contributed by atoms with Gasteiger partial charge in [0.2, 0.25) is 12.7 Å². The van der Waals surface area contributed by atoms with Crippen molar-refractivity contribution in [1.82, 2.24) is 10.3 Å². The second kappa shape index (κ2) is 7.86. The highest BCUT2D eigenvalue weighted by Gasteiger charge is 2.25. The first kappa shape index (κ1) is 19.4. The molecule has 1 aromatic heterocycles. The molecule has 30 heavy (non-hydrogen) atoms. The van der Waals surface area contributed by atoms with Crippen molar-refractivity contribution >= 4 is 22.5 Å². The summed E-state index contributed by atoms with van der Waals surface area (Å²) in [5.41, 5.74) is 0.349. The molecule has 0 unspecified atom stereocenters. The predicted octanol–water partition coefficient (Wildman–Crippen LogP) is 2.95. The Morgan fingerprint density at radius 3 is 2.83 bits per heavy atom. The first-order valence-electron chi connectivity index (χ1n) is 9.41. The highest BCUT2D eigenvalue weighted by Crippen LogP contribution is 2.40. The molecule has 4 rings (SSSR count). The average molecular weight is 408 g/mol. The number of aromatic nitrogens is 1. The first-order chi connectivity index (χ1) is 14.5. The Morgan fingerprint density at radius 2 is 2.07 bits per heavy atom. The van der Waals surface area contributed by atoms with Gasteiger partial charge in [-0.3, -0.25) is 19.9 Å². The lowest BCUT2D eigenvalue weighted by atomic mass is 9.94. The number of nitro benzene ring substituents is 1. The van der Waals surface area contributed by atoms with Crippen molar-refractivity contribution in [1.29, 1.82) is 0 Å². The molecule has 0 bridgehead atoms. The van der Waals surface area contributed by atoms with Gasteiger partial charge in [0.25, 0.3) is 5.69 Å². The van der Waals surface area contributed by atoms with Crippen LogP contribution in [-0.2, 0) is 4.79 Å². The molecule has 0 fully saturated rings. The van der Waals surface area contributed by atoms with Crippen LogP contribution in [0.2, 0.25) is 0 Å². The fourth-order valence-electron chi connectivity index (χ4n) is 3.48. The van der Waals surface area contributed by atoms with Gasteiger partial charge in [-0.2, -0.15) is 0 Å². The molecule has 154 valence electrons. The van der Waals surface area contributed by atoms with E-state index >= 15 is 0 Å². The van der Waals surface area contributed by atoms with E-state index in [9.17, 15) is 20.0 Å². The molecule has 2 heterocycles. The van der Waals surface area contributed by atoms with Crippen molar-refractivity contribution in [3.63, 3.8) is 0 Å². The summed E-state index contributed by atoms with van der Waals surface area (Å²) >= 11 is 0. The smallest absolute Gasteiger partial charge is 0.279 e. The molecule has 0 saturated heterocycles. The molecule has 9 nitrogen and oxygen atoms in total. The molecule has 1 amide bonds. The van der Waals surface area contributed by atoms with Crippen LogP contribution in [0.3, 0.4) is 0 Å². The number of hydrogen-bond acceptors (Lipinski definition) is 7. The molecule has 0 spiro atoms. The Bertz CT molecular complexity index is 1150.